The summed E-state index contributed by atoms with van der Waals surface area (Å²) in [6.45, 7) is 1.29. The molecule has 2 rings (SSSR count). The Bertz CT molecular complexity index is 465. The van der Waals surface area contributed by atoms with Gasteiger partial charge in [-0.05, 0) is 35.4 Å². The first-order valence-corrected chi connectivity index (χ1v) is 6.56. The predicted octanol–water partition coefficient (Wildman–Crippen LogP) is 2.68. The van der Waals surface area contributed by atoms with Crippen LogP contribution in [0.1, 0.15) is 17.2 Å². The lowest BCUT2D eigenvalue weighted by Crippen LogP contribution is -2.27. The van der Waals surface area contributed by atoms with Crippen LogP contribution in [0.3, 0.4) is 0 Å². The Labute approximate surface area is 118 Å². The molecule has 3 nitrogen and oxygen atoms in total. The summed E-state index contributed by atoms with van der Waals surface area (Å²) in [7, 11) is 0. The van der Waals surface area contributed by atoms with Crippen LogP contribution in [0, 0.1) is 0 Å². The van der Waals surface area contributed by atoms with Gasteiger partial charge < -0.3 is 16.2 Å². The minimum Gasteiger partial charge on any atom is -0.508 e. The van der Waals surface area contributed by atoms with Crippen LogP contribution in [-0.4, -0.2) is 18.2 Å². The van der Waals surface area contributed by atoms with Gasteiger partial charge in [0.25, 0.3) is 0 Å². The Hall–Kier alpha value is -1.55. The van der Waals surface area contributed by atoms with Gasteiger partial charge in [0.1, 0.15) is 5.75 Å². The average Bonchev–Trinajstić information content (AvgIpc) is 2.43. The first-order valence-electron chi connectivity index (χ1n) is 6.18. The van der Waals surface area contributed by atoms with E-state index < -0.39 is 0 Å². The minimum atomic E-state index is 0.0430. The van der Waals surface area contributed by atoms with Gasteiger partial charge in [0.15, 0.2) is 0 Å². The molecule has 0 spiro atoms. The first-order chi connectivity index (χ1) is 9.20. The third-order valence-corrected chi connectivity index (χ3v) is 3.17. The van der Waals surface area contributed by atoms with Crippen LogP contribution >= 0.6 is 11.6 Å². The second kappa shape index (κ2) is 6.57. The molecular weight excluding hydrogens is 260 g/mol. The summed E-state index contributed by atoms with van der Waals surface area (Å²) in [4.78, 5) is 0. The molecule has 4 N–H and O–H groups in total. The number of aromatic hydroxyl groups is 1. The summed E-state index contributed by atoms with van der Waals surface area (Å²) in [5.74, 6) is 0.262. The van der Waals surface area contributed by atoms with Crippen molar-refractivity contribution in [3.8, 4) is 5.75 Å². The van der Waals surface area contributed by atoms with Crippen LogP contribution < -0.4 is 11.1 Å². The fraction of sp³-hybridized carbons (Fsp3) is 0.200. The SMILES string of the molecule is NCCNC(c1ccc(O)cc1)c1ccc(Cl)cc1. The van der Waals surface area contributed by atoms with Gasteiger partial charge in [-0.1, -0.05) is 35.9 Å². The zero-order chi connectivity index (χ0) is 13.7. The molecule has 1 atom stereocenters. The van der Waals surface area contributed by atoms with Crippen molar-refractivity contribution in [2.75, 3.05) is 13.1 Å². The molecule has 0 fully saturated rings. The number of phenolic OH excluding ortho intramolecular Hbond substituents is 1. The van der Waals surface area contributed by atoms with Crippen molar-refractivity contribution in [3.63, 3.8) is 0 Å². The molecule has 0 aromatic heterocycles. The number of nitrogens with one attached hydrogen (secondary N) is 1. The summed E-state index contributed by atoms with van der Waals surface area (Å²) in [6.07, 6.45) is 0. The number of halogens is 1. The van der Waals surface area contributed by atoms with Crippen molar-refractivity contribution in [1.29, 1.82) is 0 Å². The molecule has 100 valence electrons. The highest BCUT2D eigenvalue weighted by Crippen LogP contribution is 2.24. The fourth-order valence-corrected chi connectivity index (χ4v) is 2.10. The molecule has 0 heterocycles. The molecule has 0 aliphatic carbocycles. The van der Waals surface area contributed by atoms with Crippen molar-refractivity contribution in [2.24, 2.45) is 5.73 Å². The predicted molar refractivity (Wildman–Crippen MR) is 78.5 cm³/mol. The van der Waals surface area contributed by atoms with E-state index in [1.807, 2.05) is 36.4 Å². The van der Waals surface area contributed by atoms with Crippen molar-refractivity contribution in [3.05, 3.63) is 64.7 Å². The molecule has 4 heteroatoms. The minimum absolute atomic E-state index is 0.0430. The van der Waals surface area contributed by atoms with Crippen molar-refractivity contribution in [2.45, 2.75) is 6.04 Å². The van der Waals surface area contributed by atoms with E-state index in [1.165, 1.54) is 0 Å². The van der Waals surface area contributed by atoms with Gasteiger partial charge in [-0.2, -0.15) is 0 Å². The van der Waals surface area contributed by atoms with E-state index in [9.17, 15) is 5.11 Å². The number of hydrogen-bond acceptors (Lipinski definition) is 3. The number of hydrogen-bond donors (Lipinski definition) is 3. The quantitative estimate of drug-likeness (QED) is 0.787. The van der Waals surface area contributed by atoms with Crippen LogP contribution in [0.4, 0.5) is 0 Å². The molecule has 0 radical (unpaired) electrons. The number of phenols is 1. The molecule has 19 heavy (non-hydrogen) atoms. The van der Waals surface area contributed by atoms with Gasteiger partial charge >= 0.3 is 0 Å². The topological polar surface area (TPSA) is 58.3 Å². The summed E-state index contributed by atoms with van der Waals surface area (Å²) < 4.78 is 0. The average molecular weight is 277 g/mol. The van der Waals surface area contributed by atoms with E-state index in [-0.39, 0.29) is 11.8 Å². The summed E-state index contributed by atoms with van der Waals surface area (Å²) in [5.41, 5.74) is 7.75. The van der Waals surface area contributed by atoms with E-state index in [0.717, 1.165) is 11.1 Å². The Kier molecular flexibility index (Phi) is 4.80. The molecule has 0 aliphatic rings. The Balaban J connectivity index is 2.29. The highest BCUT2D eigenvalue weighted by atomic mass is 35.5. The number of benzene rings is 2. The van der Waals surface area contributed by atoms with Crippen LogP contribution in [0.5, 0.6) is 5.75 Å². The lowest BCUT2D eigenvalue weighted by molar-refractivity contribution is 0.474. The molecule has 2 aromatic carbocycles. The third-order valence-electron chi connectivity index (χ3n) is 2.92. The van der Waals surface area contributed by atoms with E-state index >= 15 is 0 Å². The Morgan fingerprint density at radius 1 is 1.00 bits per heavy atom. The highest BCUT2D eigenvalue weighted by molar-refractivity contribution is 6.30. The van der Waals surface area contributed by atoms with Gasteiger partial charge in [-0.15, -0.1) is 0 Å². The lowest BCUT2D eigenvalue weighted by Gasteiger charge is -2.19. The van der Waals surface area contributed by atoms with Crippen molar-refractivity contribution >= 4 is 11.6 Å². The van der Waals surface area contributed by atoms with Crippen LogP contribution in [0.15, 0.2) is 48.5 Å². The van der Waals surface area contributed by atoms with Crippen LogP contribution in [-0.2, 0) is 0 Å². The zero-order valence-electron chi connectivity index (χ0n) is 10.5. The lowest BCUT2D eigenvalue weighted by atomic mass is 9.98. The normalized spacial score (nSPS) is 12.3. The highest BCUT2D eigenvalue weighted by Gasteiger charge is 2.13. The van der Waals surface area contributed by atoms with Gasteiger partial charge in [0.2, 0.25) is 0 Å². The monoisotopic (exact) mass is 276 g/mol. The number of rotatable bonds is 5. The molecule has 1 unspecified atom stereocenters. The van der Waals surface area contributed by atoms with Crippen LogP contribution in [0.25, 0.3) is 0 Å². The smallest absolute Gasteiger partial charge is 0.115 e. The van der Waals surface area contributed by atoms with Gasteiger partial charge in [-0.25, -0.2) is 0 Å². The van der Waals surface area contributed by atoms with Crippen molar-refractivity contribution < 1.29 is 5.11 Å². The maximum absolute atomic E-state index is 9.36. The van der Waals surface area contributed by atoms with E-state index in [2.05, 4.69) is 5.32 Å². The molecule has 0 amide bonds. The van der Waals surface area contributed by atoms with Gasteiger partial charge in [0.05, 0.1) is 6.04 Å². The Morgan fingerprint density at radius 2 is 1.53 bits per heavy atom. The van der Waals surface area contributed by atoms with Gasteiger partial charge in [0, 0.05) is 18.1 Å². The maximum atomic E-state index is 9.36. The molecule has 0 saturated carbocycles. The van der Waals surface area contributed by atoms with E-state index in [4.69, 9.17) is 17.3 Å². The van der Waals surface area contributed by atoms with E-state index in [1.54, 1.807) is 12.1 Å². The van der Waals surface area contributed by atoms with Crippen molar-refractivity contribution in [1.82, 2.24) is 5.32 Å². The zero-order valence-corrected chi connectivity index (χ0v) is 11.3. The summed E-state index contributed by atoms with van der Waals surface area (Å²) >= 11 is 5.91. The summed E-state index contributed by atoms with van der Waals surface area (Å²) in [5, 5.41) is 13.5. The second-order valence-electron chi connectivity index (χ2n) is 4.32. The first kappa shape index (κ1) is 13.9. The fourth-order valence-electron chi connectivity index (χ4n) is 1.98. The molecule has 0 saturated heterocycles. The standard InChI is InChI=1S/C15H17ClN2O/c16-13-5-1-11(2-6-13)15(18-10-9-17)12-3-7-14(19)8-4-12/h1-8,15,18-19H,9-10,17H2. The van der Waals surface area contributed by atoms with Crippen LogP contribution in [0.2, 0.25) is 5.02 Å². The molecular formula is C15H17ClN2O. The molecule has 0 aliphatic heterocycles. The Morgan fingerprint density at radius 3 is 2.05 bits per heavy atom. The molecule has 2 aromatic rings. The largest absolute Gasteiger partial charge is 0.508 e. The van der Waals surface area contributed by atoms with E-state index in [0.29, 0.717) is 18.1 Å². The third kappa shape index (κ3) is 3.70. The second-order valence-corrected chi connectivity index (χ2v) is 4.76. The maximum Gasteiger partial charge on any atom is 0.115 e. The summed E-state index contributed by atoms with van der Waals surface area (Å²) in [6, 6.07) is 14.9. The molecule has 0 bridgehead atoms. The number of nitrogens with two attached hydrogens (primary N) is 1. The van der Waals surface area contributed by atoms with Gasteiger partial charge in [-0.3, -0.25) is 0 Å².